The molecular weight excluding hydrogens is 406 g/mol. The van der Waals surface area contributed by atoms with Crippen LogP contribution in [-0.2, 0) is 11.2 Å². The van der Waals surface area contributed by atoms with E-state index in [1.165, 1.54) is 12.1 Å². The van der Waals surface area contributed by atoms with Gasteiger partial charge in [-0.3, -0.25) is 4.79 Å². The first kappa shape index (κ1) is 20.7. The standard InChI is InChI=1S/C20H20ClFN2O3.ClH/c21-16-8-13(9-18-20(16)27-7-6-26-18)10-19(25)24-5-4-23-12-17(24)14-2-1-3-15(22)11-14;/h1-3,8-9,11,17,23H,4-7,10,12H2;1H. The highest BCUT2D eigenvalue weighted by Crippen LogP contribution is 2.38. The molecule has 1 atom stereocenters. The molecule has 150 valence electrons. The van der Waals surface area contributed by atoms with Gasteiger partial charge in [-0.2, -0.15) is 0 Å². The Kier molecular flexibility index (Phi) is 6.65. The van der Waals surface area contributed by atoms with Crippen molar-refractivity contribution in [2.24, 2.45) is 0 Å². The van der Waals surface area contributed by atoms with E-state index in [1.807, 2.05) is 6.07 Å². The summed E-state index contributed by atoms with van der Waals surface area (Å²) < 4.78 is 24.7. The second-order valence-corrected chi connectivity index (χ2v) is 7.05. The lowest BCUT2D eigenvalue weighted by molar-refractivity contribution is -0.133. The summed E-state index contributed by atoms with van der Waals surface area (Å²) in [6.45, 7) is 2.79. The smallest absolute Gasteiger partial charge is 0.227 e. The van der Waals surface area contributed by atoms with Gasteiger partial charge in [0, 0.05) is 19.6 Å². The number of amides is 1. The molecule has 0 saturated carbocycles. The zero-order chi connectivity index (χ0) is 18.8. The van der Waals surface area contributed by atoms with E-state index >= 15 is 0 Å². The molecule has 1 saturated heterocycles. The fourth-order valence-electron chi connectivity index (χ4n) is 3.56. The Morgan fingerprint density at radius 3 is 2.89 bits per heavy atom. The summed E-state index contributed by atoms with van der Waals surface area (Å²) in [6, 6.07) is 9.76. The van der Waals surface area contributed by atoms with Crippen LogP contribution in [0.1, 0.15) is 17.2 Å². The molecule has 1 N–H and O–H groups in total. The third-order valence-electron chi connectivity index (χ3n) is 4.81. The van der Waals surface area contributed by atoms with Crippen molar-refractivity contribution >= 4 is 29.9 Å². The van der Waals surface area contributed by atoms with Gasteiger partial charge in [0.05, 0.1) is 17.5 Å². The van der Waals surface area contributed by atoms with Crippen molar-refractivity contribution < 1.29 is 18.7 Å². The van der Waals surface area contributed by atoms with Crippen LogP contribution in [0.5, 0.6) is 11.5 Å². The van der Waals surface area contributed by atoms with Crippen molar-refractivity contribution in [1.82, 2.24) is 10.2 Å². The maximum atomic E-state index is 13.6. The number of hydrogen-bond donors (Lipinski definition) is 1. The van der Waals surface area contributed by atoms with Crippen molar-refractivity contribution in [3.05, 3.63) is 58.4 Å². The van der Waals surface area contributed by atoms with Crippen LogP contribution in [-0.4, -0.2) is 43.7 Å². The van der Waals surface area contributed by atoms with Gasteiger partial charge in [-0.25, -0.2) is 4.39 Å². The molecule has 8 heteroatoms. The number of nitrogens with one attached hydrogen (secondary N) is 1. The quantitative estimate of drug-likeness (QED) is 0.816. The van der Waals surface area contributed by atoms with E-state index in [-0.39, 0.29) is 36.6 Å². The van der Waals surface area contributed by atoms with Crippen LogP contribution in [0.4, 0.5) is 4.39 Å². The van der Waals surface area contributed by atoms with Gasteiger partial charge in [0.25, 0.3) is 0 Å². The number of halogens is 3. The van der Waals surface area contributed by atoms with Crippen LogP contribution in [0.25, 0.3) is 0 Å². The average molecular weight is 427 g/mol. The van der Waals surface area contributed by atoms with E-state index < -0.39 is 0 Å². The first-order valence-electron chi connectivity index (χ1n) is 8.95. The Balaban J connectivity index is 0.00000225. The number of nitrogens with zero attached hydrogens (tertiary/aromatic N) is 1. The van der Waals surface area contributed by atoms with Crippen LogP contribution in [0.3, 0.4) is 0 Å². The number of carbonyl (C=O) groups excluding carboxylic acids is 1. The molecule has 0 aromatic heterocycles. The molecule has 2 aliphatic heterocycles. The summed E-state index contributed by atoms with van der Waals surface area (Å²) in [7, 11) is 0. The molecule has 0 spiro atoms. The zero-order valence-corrected chi connectivity index (χ0v) is 16.7. The van der Waals surface area contributed by atoms with Gasteiger partial charge in [-0.1, -0.05) is 23.7 Å². The minimum absolute atomic E-state index is 0. The second kappa shape index (κ2) is 8.99. The molecule has 1 fully saturated rings. The predicted octanol–water partition coefficient (Wildman–Crippen LogP) is 3.39. The highest BCUT2D eigenvalue weighted by Gasteiger charge is 2.28. The van der Waals surface area contributed by atoms with E-state index in [9.17, 15) is 9.18 Å². The van der Waals surface area contributed by atoms with E-state index in [0.29, 0.717) is 49.4 Å². The summed E-state index contributed by atoms with van der Waals surface area (Å²) in [6.07, 6.45) is 0.197. The number of carbonyl (C=O) groups is 1. The van der Waals surface area contributed by atoms with Gasteiger partial charge in [0.15, 0.2) is 11.5 Å². The lowest BCUT2D eigenvalue weighted by atomic mass is 10.0. The van der Waals surface area contributed by atoms with Crippen molar-refractivity contribution in [2.45, 2.75) is 12.5 Å². The molecule has 2 aromatic carbocycles. The van der Waals surface area contributed by atoms with Gasteiger partial charge < -0.3 is 19.7 Å². The lowest BCUT2D eigenvalue weighted by Crippen LogP contribution is -2.49. The van der Waals surface area contributed by atoms with E-state index in [2.05, 4.69) is 5.32 Å². The average Bonchev–Trinajstić information content (AvgIpc) is 2.68. The summed E-state index contributed by atoms with van der Waals surface area (Å²) in [5, 5.41) is 3.72. The van der Waals surface area contributed by atoms with Crippen molar-refractivity contribution in [2.75, 3.05) is 32.8 Å². The van der Waals surface area contributed by atoms with Gasteiger partial charge >= 0.3 is 0 Å². The highest BCUT2D eigenvalue weighted by molar-refractivity contribution is 6.32. The molecule has 5 nitrogen and oxygen atoms in total. The first-order valence-corrected chi connectivity index (χ1v) is 9.33. The number of ether oxygens (including phenoxy) is 2. The molecule has 0 bridgehead atoms. The molecule has 28 heavy (non-hydrogen) atoms. The van der Waals surface area contributed by atoms with Crippen LogP contribution in [0.2, 0.25) is 5.02 Å². The molecule has 0 radical (unpaired) electrons. The fourth-order valence-corrected chi connectivity index (χ4v) is 3.84. The summed E-state index contributed by atoms with van der Waals surface area (Å²) in [5.74, 6) is 0.764. The molecule has 1 unspecified atom stereocenters. The van der Waals surface area contributed by atoms with E-state index in [0.717, 1.165) is 11.1 Å². The van der Waals surface area contributed by atoms with Crippen molar-refractivity contribution in [3.8, 4) is 11.5 Å². The largest absolute Gasteiger partial charge is 0.486 e. The molecule has 4 rings (SSSR count). The molecule has 0 aliphatic carbocycles. The molecule has 2 aliphatic rings. The van der Waals surface area contributed by atoms with Gasteiger partial charge in [-0.05, 0) is 35.4 Å². The monoisotopic (exact) mass is 426 g/mol. The highest BCUT2D eigenvalue weighted by atomic mass is 35.5. The minimum Gasteiger partial charge on any atom is -0.486 e. The van der Waals surface area contributed by atoms with Crippen LogP contribution in [0, 0.1) is 5.82 Å². The Morgan fingerprint density at radius 2 is 2.07 bits per heavy atom. The van der Waals surface area contributed by atoms with Crippen LogP contribution in [0.15, 0.2) is 36.4 Å². The van der Waals surface area contributed by atoms with Crippen molar-refractivity contribution in [3.63, 3.8) is 0 Å². The predicted molar refractivity (Wildman–Crippen MR) is 107 cm³/mol. The first-order chi connectivity index (χ1) is 13.1. The summed E-state index contributed by atoms with van der Waals surface area (Å²) >= 11 is 6.28. The number of piperazine rings is 1. The van der Waals surface area contributed by atoms with E-state index in [1.54, 1.807) is 23.1 Å². The third-order valence-corrected chi connectivity index (χ3v) is 5.09. The number of benzene rings is 2. The summed E-state index contributed by atoms with van der Waals surface area (Å²) in [4.78, 5) is 14.8. The lowest BCUT2D eigenvalue weighted by Gasteiger charge is -2.36. The number of rotatable bonds is 3. The van der Waals surface area contributed by atoms with Gasteiger partial charge in [0.2, 0.25) is 5.91 Å². The maximum Gasteiger partial charge on any atom is 0.227 e. The molecule has 1 amide bonds. The Bertz CT molecular complexity index is 865. The Morgan fingerprint density at radius 1 is 1.25 bits per heavy atom. The Labute approximate surface area is 174 Å². The molecule has 2 heterocycles. The maximum absolute atomic E-state index is 13.6. The van der Waals surface area contributed by atoms with Gasteiger partial charge in [0.1, 0.15) is 19.0 Å². The number of fused-ring (bicyclic) bond motifs is 1. The third kappa shape index (κ3) is 4.35. The SMILES string of the molecule is Cl.O=C(Cc1cc(Cl)c2c(c1)OCCO2)N1CCNCC1c1cccc(F)c1. The Hall–Kier alpha value is -2.02. The normalized spacial score (nSPS) is 18.4. The topological polar surface area (TPSA) is 50.8 Å². The summed E-state index contributed by atoms with van der Waals surface area (Å²) in [5.41, 5.74) is 1.56. The van der Waals surface area contributed by atoms with Crippen LogP contribution < -0.4 is 14.8 Å². The van der Waals surface area contributed by atoms with Crippen molar-refractivity contribution in [1.29, 1.82) is 0 Å². The van der Waals surface area contributed by atoms with Crippen LogP contribution >= 0.6 is 24.0 Å². The number of hydrogen-bond acceptors (Lipinski definition) is 4. The zero-order valence-electron chi connectivity index (χ0n) is 15.1. The molecule has 2 aromatic rings. The van der Waals surface area contributed by atoms with Gasteiger partial charge in [-0.15, -0.1) is 12.4 Å². The minimum atomic E-state index is -0.302. The second-order valence-electron chi connectivity index (χ2n) is 6.64. The fraction of sp³-hybridized carbons (Fsp3) is 0.350. The molecular formula is C20H21Cl2FN2O3. The van der Waals surface area contributed by atoms with E-state index in [4.69, 9.17) is 21.1 Å².